The van der Waals surface area contributed by atoms with Gasteiger partial charge in [0.1, 0.15) is 12.6 Å². The number of nitrogens with zero attached hydrogens (tertiary/aromatic N) is 1. The largest absolute Gasteiger partial charge is 0.481 e. The standard InChI is InChI=1S/C28H34N2O5/c1-2-3-12-25(27(33)30(16-15-26(31)32)17-19-13-14-19)29-28(34)35-18-24-22-10-6-4-8-20(22)21-9-5-7-11-23(21)24/h4-11,19,24-25H,2-3,12-18H2,1H3,(H,29,34)(H,31,32). The van der Waals surface area contributed by atoms with Crippen molar-refractivity contribution in [2.24, 2.45) is 5.92 Å². The second kappa shape index (κ2) is 11.4. The third-order valence-electron chi connectivity index (χ3n) is 6.86. The molecule has 2 aliphatic rings. The van der Waals surface area contributed by atoms with Crippen LogP contribution in [0.1, 0.15) is 62.5 Å². The van der Waals surface area contributed by atoms with Crippen LogP contribution in [0.5, 0.6) is 0 Å². The summed E-state index contributed by atoms with van der Waals surface area (Å²) in [5, 5.41) is 11.9. The number of amides is 2. The van der Waals surface area contributed by atoms with Crippen LogP contribution in [0.3, 0.4) is 0 Å². The number of carbonyl (C=O) groups is 3. The lowest BCUT2D eigenvalue weighted by molar-refractivity contribution is -0.139. The lowest BCUT2D eigenvalue weighted by Gasteiger charge is -2.27. The Morgan fingerprint density at radius 1 is 1.06 bits per heavy atom. The fourth-order valence-corrected chi connectivity index (χ4v) is 4.80. The molecule has 4 rings (SSSR count). The second-order valence-corrected chi connectivity index (χ2v) is 9.54. The van der Waals surface area contributed by atoms with Crippen LogP contribution in [-0.2, 0) is 14.3 Å². The number of ether oxygens (including phenoxy) is 1. The smallest absolute Gasteiger partial charge is 0.407 e. The first-order valence-corrected chi connectivity index (χ1v) is 12.6. The van der Waals surface area contributed by atoms with Crippen molar-refractivity contribution in [3.05, 3.63) is 59.7 Å². The number of hydrogen-bond donors (Lipinski definition) is 2. The average Bonchev–Trinajstić information content (AvgIpc) is 3.63. The van der Waals surface area contributed by atoms with Gasteiger partial charge in [-0.05, 0) is 47.4 Å². The Bertz CT molecular complexity index is 1020. The molecule has 1 unspecified atom stereocenters. The molecule has 1 atom stereocenters. The summed E-state index contributed by atoms with van der Waals surface area (Å²) < 4.78 is 5.66. The normalized spacial score (nSPS) is 15.1. The van der Waals surface area contributed by atoms with E-state index in [1.54, 1.807) is 4.90 Å². The third-order valence-corrected chi connectivity index (χ3v) is 6.86. The molecule has 1 fully saturated rings. The summed E-state index contributed by atoms with van der Waals surface area (Å²) in [7, 11) is 0. The molecule has 2 aromatic rings. The quantitative estimate of drug-likeness (QED) is 0.457. The topological polar surface area (TPSA) is 95.9 Å². The highest BCUT2D eigenvalue weighted by Crippen LogP contribution is 2.44. The molecule has 0 aliphatic heterocycles. The van der Waals surface area contributed by atoms with Crippen molar-refractivity contribution in [2.75, 3.05) is 19.7 Å². The lowest BCUT2D eigenvalue weighted by atomic mass is 9.98. The first-order chi connectivity index (χ1) is 17.0. The maximum Gasteiger partial charge on any atom is 0.407 e. The Morgan fingerprint density at radius 2 is 1.69 bits per heavy atom. The summed E-state index contributed by atoms with van der Waals surface area (Å²) in [4.78, 5) is 38.9. The Hall–Kier alpha value is -3.35. The summed E-state index contributed by atoms with van der Waals surface area (Å²) in [6.45, 7) is 2.90. The number of carboxylic acid groups (broad SMARTS) is 1. The first kappa shape index (κ1) is 24.8. The van der Waals surface area contributed by atoms with E-state index in [0.29, 0.717) is 18.9 Å². The summed E-state index contributed by atoms with van der Waals surface area (Å²) in [6, 6.07) is 15.6. The van der Waals surface area contributed by atoms with Gasteiger partial charge in [-0.3, -0.25) is 9.59 Å². The van der Waals surface area contributed by atoms with Gasteiger partial charge in [-0.15, -0.1) is 0 Å². The summed E-state index contributed by atoms with van der Waals surface area (Å²) in [6.07, 6.45) is 3.53. The van der Waals surface area contributed by atoms with Gasteiger partial charge in [-0.2, -0.15) is 0 Å². The van der Waals surface area contributed by atoms with E-state index in [-0.39, 0.29) is 31.4 Å². The molecule has 0 heterocycles. The van der Waals surface area contributed by atoms with E-state index in [4.69, 9.17) is 9.84 Å². The first-order valence-electron chi connectivity index (χ1n) is 12.6. The molecule has 1 saturated carbocycles. The Balaban J connectivity index is 1.41. The van der Waals surface area contributed by atoms with Crippen LogP contribution in [-0.4, -0.2) is 53.7 Å². The number of fused-ring (bicyclic) bond motifs is 3. The minimum Gasteiger partial charge on any atom is -0.481 e. The number of alkyl carbamates (subject to hydrolysis) is 1. The molecule has 0 radical (unpaired) electrons. The molecule has 0 spiro atoms. The number of rotatable bonds is 12. The Morgan fingerprint density at radius 3 is 2.26 bits per heavy atom. The predicted molar refractivity (Wildman–Crippen MR) is 133 cm³/mol. The molecule has 0 aromatic heterocycles. The fourth-order valence-electron chi connectivity index (χ4n) is 4.80. The lowest BCUT2D eigenvalue weighted by Crippen LogP contribution is -2.50. The van der Waals surface area contributed by atoms with Gasteiger partial charge in [0.2, 0.25) is 5.91 Å². The third kappa shape index (κ3) is 6.21. The number of carboxylic acids is 1. The van der Waals surface area contributed by atoms with Crippen molar-refractivity contribution >= 4 is 18.0 Å². The van der Waals surface area contributed by atoms with Gasteiger partial charge in [0.25, 0.3) is 0 Å². The molecule has 2 N–H and O–H groups in total. The molecule has 2 amide bonds. The Labute approximate surface area is 206 Å². The van der Waals surface area contributed by atoms with Crippen LogP contribution in [0.25, 0.3) is 11.1 Å². The van der Waals surface area contributed by atoms with Crippen molar-refractivity contribution in [3.8, 4) is 11.1 Å². The average molecular weight is 479 g/mol. The minimum atomic E-state index is -0.937. The number of benzene rings is 2. The molecule has 0 saturated heterocycles. The number of carbonyl (C=O) groups excluding carboxylic acids is 2. The zero-order chi connectivity index (χ0) is 24.8. The van der Waals surface area contributed by atoms with E-state index in [9.17, 15) is 14.4 Å². The van der Waals surface area contributed by atoms with Crippen molar-refractivity contribution in [1.82, 2.24) is 10.2 Å². The van der Waals surface area contributed by atoms with E-state index in [1.165, 1.54) is 0 Å². The molecule has 7 nitrogen and oxygen atoms in total. The number of unbranched alkanes of at least 4 members (excludes halogenated alkanes) is 1. The van der Waals surface area contributed by atoms with Gasteiger partial charge in [0.05, 0.1) is 6.42 Å². The van der Waals surface area contributed by atoms with Crippen molar-refractivity contribution in [3.63, 3.8) is 0 Å². The number of nitrogens with one attached hydrogen (secondary N) is 1. The maximum absolute atomic E-state index is 13.3. The van der Waals surface area contributed by atoms with E-state index in [0.717, 1.165) is 47.9 Å². The van der Waals surface area contributed by atoms with Crippen LogP contribution < -0.4 is 5.32 Å². The van der Waals surface area contributed by atoms with Crippen LogP contribution in [0.4, 0.5) is 4.79 Å². The van der Waals surface area contributed by atoms with Crippen LogP contribution >= 0.6 is 0 Å². The summed E-state index contributed by atoms with van der Waals surface area (Å²) >= 11 is 0. The monoisotopic (exact) mass is 478 g/mol. The van der Waals surface area contributed by atoms with E-state index < -0.39 is 18.1 Å². The van der Waals surface area contributed by atoms with Crippen molar-refractivity contribution < 1.29 is 24.2 Å². The van der Waals surface area contributed by atoms with Crippen molar-refractivity contribution in [2.45, 2.75) is 57.4 Å². The van der Waals surface area contributed by atoms with Gasteiger partial charge < -0.3 is 20.1 Å². The Kier molecular flexibility index (Phi) is 8.06. The van der Waals surface area contributed by atoms with E-state index in [2.05, 4.69) is 29.6 Å². The van der Waals surface area contributed by atoms with Crippen molar-refractivity contribution in [1.29, 1.82) is 0 Å². The molecular weight excluding hydrogens is 444 g/mol. The fraction of sp³-hybridized carbons (Fsp3) is 0.464. The van der Waals surface area contributed by atoms with Gasteiger partial charge in [-0.1, -0.05) is 68.3 Å². The zero-order valence-electron chi connectivity index (χ0n) is 20.2. The molecule has 2 aromatic carbocycles. The zero-order valence-corrected chi connectivity index (χ0v) is 20.2. The van der Waals surface area contributed by atoms with E-state index >= 15 is 0 Å². The molecule has 7 heteroatoms. The maximum atomic E-state index is 13.3. The highest BCUT2D eigenvalue weighted by molar-refractivity contribution is 5.86. The van der Waals surface area contributed by atoms with E-state index in [1.807, 2.05) is 31.2 Å². The summed E-state index contributed by atoms with van der Waals surface area (Å²) in [5.74, 6) is -0.790. The number of aliphatic carboxylic acids is 1. The molecule has 0 bridgehead atoms. The highest BCUT2D eigenvalue weighted by Gasteiger charge is 2.33. The van der Waals surface area contributed by atoms with Gasteiger partial charge in [0.15, 0.2) is 0 Å². The molecule has 2 aliphatic carbocycles. The predicted octanol–water partition coefficient (Wildman–Crippen LogP) is 4.80. The highest BCUT2D eigenvalue weighted by atomic mass is 16.5. The van der Waals surface area contributed by atoms with Crippen LogP contribution in [0, 0.1) is 5.92 Å². The molecule has 186 valence electrons. The second-order valence-electron chi connectivity index (χ2n) is 9.54. The minimum absolute atomic E-state index is 0.0557. The molecule has 35 heavy (non-hydrogen) atoms. The van der Waals surface area contributed by atoms with Gasteiger partial charge in [-0.25, -0.2) is 4.79 Å². The van der Waals surface area contributed by atoms with Crippen LogP contribution in [0.2, 0.25) is 0 Å². The molecular formula is C28H34N2O5. The SMILES string of the molecule is CCCCC(NC(=O)OCC1c2ccccc2-c2ccccc21)C(=O)N(CCC(=O)O)CC1CC1. The number of hydrogen-bond acceptors (Lipinski definition) is 4. The van der Waals surface area contributed by atoms with Gasteiger partial charge in [0, 0.05) is 19.0 Å². The van der Waals surface area contributed by atoms with Gasteiger partial charge >= 0.3 is 12.1 Å². The van der Waals surface area contributed by atoms with Crippen LogP contribution in [0.15, 0.2) is 48.5 Å². The summed E-state index contributed by atoms with van der Waals surface area (Å²) in [5.41, 5.74) is 4.57.